The third-order valence-electron chi connectivity index (χ3n) is 3.22. The van der Waals surface area contributed by atoms with E-state index in [2.05, 4.69) is 45.4 Å². The minimum Gasteiger partial charge on any atom is -0.271 e. The highest BCUT2D eigenvalue weighted by molar-refractivity contribution is 7.07. The van der Waals surface area contributed by atoms with Crippen LogP contribution >= 0.6 is 11.3 Å². The summed E-state index contributed by atoms with van der Waals surface area (Å²) in [6.45, 7) is 0. The molecule has 0 spiro atoms. The lowest BCUT2D eigenvalue weighted by molar-refractivity contribution is 0.548. The second kappa shape index (κ2) is 5.48. The number of fused-ring (bicyclic) bond motifs is 1. The molecule has 2 aromatic heterocycles. The Morgan fingerprint density at radius 2 is 2.05 bits per heavy atom. The van der Waals surface area contributed by atoms with Crippen molar-refractivity contribution >= 4 is 22.2 Å². The van der Waals surface area contributed by atoms with E-state index in [9.17, 15) is 0 Å². The first-order valence-corrected chi connectivity index (χ1v) is 7.14. The van der Waals surface area contributed by atoms with Crippen molar-refractivity contribution in [2.75, 3.05) is 0 Å². The maximum atomic E-state index is 5.65. The largest absolute Gasteiger partial charge is 0.271 e. The van der Waals surface area contributed by atoms with Crippen molar-refractivity contribution in [3.63, 3.8) is 0 Å². The Kier molecular flexibility index (Phi) is 3.55. The number of thiophene rings is 1. The highest BCUT2D eigenvalue weighted by atomic mass is 32.1. The number of rotatable bonds is 4. The van der Waals surface area contributed by atoms with Gasteiger partial charge in [-0.1, -0.05) is 24.3 Å². The zero-order chi connectivity index (χ0) is 13.1. The Balaban J connectivity index is 1.88. The summed E-state index contributed by atoms with van der Waals surface area (Å²) in [7, 11) is 0. The van der Waals surface area contributed by atoms with Gasteiger partial charge in [0.1, 0.15) is 0 Å². The highest BCUT2D eigenvalue weighted by Crippen LogP contribution is 2.20. The van der Waals surface area contributed by atoms with Gasteiger partial charge in [0.05, 0.1) is 11.6 Å². The number of para-hydroxylation sites is 1. The van der Waals surface area contributed by atoms with Crippen molar-refractivity contribution in [1.82, 2.24) is 10.4 Å². The van der Waals surface area contributed by atoms with Crippen molar-refractivity contribution < 1.29 is 0 Å². The molecule has 3 N–H and O–H groups in total. The molecule has 1 atom stereocenters. The predicted molar refractivity (Wildman–Crippen MR) is 79.8 cm³/mol. The molecule has 0 bridgehead atoms. The smallest absolute Gasteiger partial charge is 0.0705 e. The fourth-order valence-electron chi connectivity index (χ4n) is 2.18. The fraction of sp³-hybridized carbons (Fsp3) is 0.133. The van der Waals surface area contributed by atoms with E-state index in [1.54, 1.807) is 11.3 Å². The lowest BCUT2D eigenvalue weighted by Gasteiger charge is -2.14. The van der Waals surface area contributed by atoms with Crippen molar-refractivity contribution in [3.8, 4) is 0 Å². The van der Waals surface area contributed by atoms with Crippen LogP contribution in [0.5, 0.6) is 0 Å². The van der Waals surface area contributed by atoms with Crippen LogP contribution in [0.3, 0.4) is 0 Å². The molecule has 0 radical (unpaired) electrons. The molecule has 0 saturated carbocycles. The Bertz CT molecular complexity index is 664. The Labute approximate surface area is 116 Å². The number of pyridine rings is 1. The van der Waals surface area contributed by atoms with Crippen LogP contribution in [0.1, 0.15) is 17.3 Å². The van der Waals surface area contributed by atoms with E-state index in [0.29, 0.717) is 0 Å². The van der Waals surface area contributed by atoms with Crippen LogP contribution in [-0.2, 0) is 6.42 Å². The fourth-order valence-corrected chi connectivity index (χ4v) is 2.89. The number of nitrogens with zero attached hydrogens (tertiary/aromatic N) is 1. The molecule has 3 aromatic rings. The quantitative estimate of drug-likeness (QED) is 0.565. The molecule has 2 heterocycles. The van der Waals surface area contributed by atoms with E-state index in [-0.39, 0.29) is 6.04 Å². The number of benzene rings is 1. The van der Waals surface area contributed by atoms with Gasteiger partial charge in [-0.2, -0.15) is 11.3 Å². The highest BCUT2D eigenvalue weighted by Gasteiger charge is 2.11. The van der Waals surface area contributed by atoms with E-state index in [1.165, 1.54) is 10.9 Å². The van der Waals surface area contributed by atoms with Crippen LogP contribution in [0.15, 0.2) is 53.2 Å². The Morgan fingerprint density at radius 3 is 2.84 bits per heavy atom. The standard InChI is InChI=1S/C15H15N3S/c16-18-15(12-7-8-19-10-12)9-13-6-5-11-3-1-2-4-14(11)17-13/h1-8,10,15,18H,9,16H2. The van der Waals surface area contributed by atoms with Gasteiger partial charge in [0.25, 0.3) is 0 Å². The normalized spacial score (nSPS) is 12.7. The van der Waals surface area contributed by atoms with Crippen LogP contribution < -0.4 is 11.3 Å². The Morgan fingerprint density at radius 1 is 1.16 bits per heavy atom. The van der Waals surface area contributed by atoms with Gasteiger partial charge in [-0.05, 0) is 34.5 Å². The van der Waals surface area contributed by atoms with Gasteiger partial charge >= 0.3 is 0 Å². The predicted octanol–water partition coefficient (Wildman–Crippen LogP) is 3.04. The molecule has 19 heavy (non-hydrogen) atoms. The van der Waals surface area contributed by atoms with Crippen molar-refractivity contribution in [2.24, 2.45) is 5.84 Å². The average molecular weight is 269 g/mol. The molecule has 0 fully saturated rings. The minimum absolute atomic E-state index is 0.111. The lowest BCUT2D eigenvalue weighted by atomic mass is 10.0. The minimum atomic E-state index is 0.111. The summed E-state index contributed by atoms with van der Waals surface area (Å²) in [6, 6.07) is 14.5. The first-order chi connectivity index (χ1) is 9.36. The average Bonchev–Trinajstić information content (AvgIpc) is 2.98. The zero-order valence-corrected chi connectivity index (χ0v) is 11.2. The third-order valence-corrected chi connectivity index (χ3v) is 3.92. The Hall–Kier alpha value is -1.75. The molecular weight excluding hydrogens is 254 g/mol. The molecule has 0 aliphatic rings. The topological polar surface area (TPSA) is 50.9 Å². The van der Waals surface area contributed by atoms with Crippen LogP contribution in [-0.4, -0.2) is 4.98 Å². The van der Waals surface area contributed by atoms with Gasteiger partial charge in [0.15, 0.2) is 0 Å². The molecule has 4 heteroatoms. The second-order valence-electron chi connectivity index (χ2n) is 4.48. The monoisotopic (exact) mass is 269 g/mol. The molecular formula is C15H15N3S. The number of hydrazine groups is 1. The van der Waals surface area contributed by atoms with Crippen LogP contribution in [0, 0.1) is 0 Å². The van der Waals surface area contributed by atoms with Gasteiger partial charge in [-0.3, -0.25) is 16.3 Å². The summed E-state index contributed by atoms with van der Waals surface area (Å²) >= 11 is 1.68. The van der Waals surface area contributed by atoms with Gasteiger partial charge in [0, 0.05) is 17.5 Å². The number of nitrogens with one attached hydrogen (secondary N) is 1. The van der Waals surface area contributed by atoms with Crippen molar-refractivity contribution in [3.05, 3.63) is 64.5 Å². The number of hydrogen-bond acceptors (Lipinski definition) is 4. The summed E-state index contributed by atoms with van der Waals surface area (Å²) in [5.41, 5.74) is 6.16. The van der Waals surface area contributed by atoms with Crippen molar-refractivity contribution in [1.29, 1.82) is 0 Å². The first-order valence-electron chi connectivity index (χ1n) is 6.20. The molecule has 1 unspecified atom stereocenters. The molecule has 3 rings (SSSR count). The van der Waals surface area contributed by atoms with Gasteiger partial charge < -0.3 is 0 Å². The zero-order valence-electron chi connectivity index (χ0n) is 10.4. The summed E-state index contributed by atoms with van der Waals surface area (Å²) < 4.78 is 0. The van der Waals surface area contributed by atoms with E-state index >= 15 is 0 Å². The van der Waals surface area contributed by atoms with E-state index in [1.807, 2.05) is 18.2 Å². The van der Waals surface area contributed by atoms with E-state index in [0.717, 1.165) is 17.6 Å². The van der Waals surface area contributed by atoms with E-state index < -0.39 is 0 Å². The molecule has 0 aliphatic heterocycles. The van der Waals surface area contributed by atoms with Crippen LogP contribution in [0.25, 0.3) is 10.9 Å². The summed E-state index contributed by atoms with van der Waals surface area (Å²) in [5, 5.41) is 5.35. The molecule has 0 aliphatic carbocycles. The summed E-state index contributed by atoms with van der Waals surface area (Å²) in [6.07, 6.45) is 0.790. The molecule has 0 saturated heterocycles. The summed E-state index contributed by atoms with van der Waals surface area (Å²) in [4.78, 5) is 4.68. The third kappa shape index (κ3) is 2.66. The maximum Gasteiger partial charge on any atom is 0.0705 e. The van der Waals surface area contributed by atoms with Gasteiger partial charge in [-0.15, -0.1) is 0 Å². The summed E-state index contributed by atoms with van der Waals surface area (Å²) in [5.74, 6) is 5.65. The van der Waals surface area contributed by atoms with Crippen LogP contribution in [0.2, 0.25) is 0 Å². The number of nitrogens with two attached hydrogens (primary N) is 1. The number of hydrogen-bond donors (Lipinski definition) is 2. The molecule has 0 amide bonds. The van der Waals surface area contributed by atoms with E-state index in [4.69, 9.17) is 5.84 Å². The van der Waals surface area contributed by atoms with Crippen LogP contribution in [0.4, 0.5) is 0 Å². The first kappa shape index (κ1) is 12.3. The van der Waals surface area contributed by atoms with Gasteiger partial charge in [0.2, 0.25) is 0 Å². The SMILES string of the molecule is NNC(Cc1ccc2ccccc2n1)c1ccsc1. The second-order valence-corrected chi connectivity index (χ2v) is 5.26. The molecule has 3 nitrogen and oxygen atoms in total. The molecule has 1 aromatic carbocycles. The number of aromatic nitrogens is 1. The van der Waals surface area contributed by atoms with Crippen molar-refractivity contribution in [2.45, 2.75) is 12.5 Å². The van der Waals surface area contributed by atoms with Gasteiger partial charge in [-0.25, -0.2) is 0 Å². The molecule has 96 valence electrons. The maximum absolute atomic E-state index is 5.65. The lowest BCUT2D eigenvalue weighted by Crippen LogP contribution is -2.29.